The van der Waals surface area contributed by atoms with Crippen molar-refractivity contribution in [1.82, 2.24) is 15.5 Å². The molecule has 3 heterocycles. The van der Waals surface area contributed by atoms with Crippen LogP contribution in [0, 0.1) is 5.82 Å². The van der Waals surface area contributed by atoms with Crippen LogP contribution >= 0.6 is 0 Å². The number of rotatable bonds is 5. The van der Waals surface area contributed by atoms with Crippen molar-refractivity contribution >= 4 is 5.91 Å². The molecule has 0 saturated carbocycles. The molecule has 0 aliphatic carbocycles. The highest BCUT2D eigenvalue weighted by Gasteiger charge is 2.35. The van der Waals surface area contributed by atoms with E-state index in [9.17, 15) is 9.18 Å². The van der Waals surface area contributed by atoms with Crippen LogP contribution in [0.25, 0.3) is 11.3 Å². The Labute approximate surface area is 161 Å². The summed E-state index contributed by atoms with van der Waals surface area (Å²) in [5.74, 6) is -0.107. The number of nitrogens with zero attached hydrogens (tertiary/aromatic N) is 2. The van der Waals surface area contributed by atoms with Gasteiger partial charge in [0.2, 0.25) is 0 Å². The zero-order chi connectivity index (χ0) is 19.4. The van der Waals surface area contributed by atoms with E-state index in [0.717, 1.165) is 24.0 Å². The highest BCUT2D eigenvalue weighted by atomic mass is 19.1. The van der Waals surface area contributed by atoms with Crippen molar-refractivity contribution in [1.29, 1.82) is 0 Å². The van der Waals surface area contributed by atoms with Gasteiger partial charge >= 0.3 is 0 Å². The minimum Gasteiger partial charge on any atom is -0.381 e. The van der Waals surface area contributed by atoms with Crippen molar-refractivity contribution in [3.05, 3.63) is 71.9 Å². The number of pyridine rings is 1. The minimum atomic E-state index is -0.313. The third-order valence-electron chi connectivity index (χ3n) is 5.18. The van der Waals surface area contributed by atoms with E-state index in [1.54, 1.807) is 36.7 Å². The molecule has 144 valence electrons. The molecule has 4 rings (SSSR count). The van der Waals surface area contributed by atoms with E-state index >= 15 is 0 Å². The number of hydrogen-bond donors (Lipinski definition) is 1. The van der Waals surface area contributed by atoms with Crippen molar-refractivity contribution in [2.45, 2.75) is 18.3 Å². The van der Waals surface area contributed by atoms with Gasteiger partial charge < -0.3 is 14.6 Å². The second-order valence-corrected chi connectivity index (χ2v) is 6.90. The Balaban J connectivity index is 1.49. The SMILES string of the molecule is O=C(NCC1(c2ccc(F)cc2)CCOCC1)c1cc(-c2cccnc2)on1. The van der Waals surface area contributed by atoms with Gasteiger partial charge in [0.25, 0.3) is 5.91 Å². The van der Waals surface area contributed by atoms with Crippen molar-refractivity contribution < 1.29 is 18.4 Å². The van der Waals surface area contributed by atoms with Crippen LogP contribution < -0.4 is 5.32 Å². The van der Waals surface area contributed by atoms with Crippen LogP contribution in [0.2, 0.25) is 0 Å². The van der Waals surface area contributed by atoms with Gasteiger partial charge in [0.05, 0.1) is 0 Å². The summed E-state index contributed by atoms with van der Waals surface area (Å²) in [6, 6.07) is 11.7. The highest BCUT2D eigenvalue weighted by Crippen LogP contribution is 2.34. The molecule has 0 spiro atoms. The second-order valence-electron chi connectivity index (χ2n) is 6.90. The van der Waals surface area contributed by atoms with E-state index in [0.29, 0.717) is 25.5 Å². The summed E-state index contributed by atoms with van der Waals surface area (Å²) in [5.41, 5.74) is 1.66. The first-order valence-corrected chi connectivity index (χ1v) is 9.15. The predicted octanol–water partition coefficient (Wildman–Crippen LogP) is 3.35. The van der Waals surface area contributed by atoms with Gasteiger partial charge in [0.1, 0.15) is 5.82 Å². The molecule has 1 N–H and O–H groups in total. The lowest BCUT2D eigenvalue weighted by Crippen LogP contribution is -2.44. The number of benzene rings is 1. The summed E-state index contributed by atoms with van der Waals surface area (Å²) in [6.45, 7) is 1.61. The van der Waals surface area contributed by atoms with Crippen LogP contribution in [-0.4, -0.2) is 35.8 Å². The Kier molecular flexibility index (Phi) is 5.16. The predicted molar refractivity (Wildman–Crippen MR) is 100 cm³/mol. The van der Waals surface area contributed by atoms with Crippen LogP contribution in [0.3, 0.4) is 0 Å². The van der Waals surface area contributed by atoms with Crippen molar-refractivity contribution in [3.63, 3.8) is 0 Å². The molecule has 0 bridgehead atoms. The lowest BCUT2D eigenvalue weighted by Gasteiger charge is -2.37. The van der Waals surface area contributed by atoms with Gasteiger partial charge in [-0.1, -0.05) is 17.3 Å². The Morgan fingerprint density at radius 1 is 1.18 bits per heavy atom. The van der Waals surface area contributed by atoms with E-state index < -0.39 is 0 Å². The maximum absolute atomic E-state index is 13.3. The van der Waals surface area contributed by atoms with Crippen molar-refractivity contribution in [3.8, 4) is 11.3 Å². The molecule has 1 aliphatic heterocycles. The van der Waals surface area contributed by atoms with Gasteiger partial charge in [-0.25, -0.2) is 4.39 Å². The Morgan fingerprint density at radius 2 is 1.96 bits per heavy atom. The number of aromatic nitrogens is 2. The van der Waals surface area contributed by atoms with Crippen molar-refractivity contribution in [2.24, 2.45) is 0 Å². The van der Waals surface area contributed by atoms with Crippen LogP contribution in [0.4, 0.5) is 4.39 Å². The molecule has 7 heteroatoms. The van der Waals surface area contributed by atoms with Gasteiger partial charge in [-0.15, -0.1) is 0 Å². The van der Waals surface area contributed by atoms with E-state index in [-0.39, 0.29) is 22.8 Å². The van der Waals surface area contributed by atoms with Crippen LogP contribution in [0.1, 0.15) is 28.9 Å². The fourth-order valence-corrected chi connectivity index (χ4v) is 3.50. The standard InChI is InChI=1S/C21H20FN3O3/c22-17-5-3-16(4-6-17)21(7-10-27-11-8-21)14-24-20(26)18-12-19(28-25-18)15-2-1-9-23-13-15/h1-6,9,12-13H,7-8,10-11,14H2,(H,24,26). The second kappa shape index (κ2) is 7.90. The maximum Gasteiger partial charge on any atom is 0.273 e. The number of carbonyl (C=O) groups excluding carboxylic acids is 1. The van der Waals surface area contributed by atoms with E-state index in [4.69, 9.17) is 9.26 Å². The number of hydrogen-bond acceptors (Lipinski definition) is 5. The van der Waals surface area contributed by atoms with E-state index in [1.165, 1.54) is 12.1 Å². The third-order valence-corrected chi connectivity index (χ3v) is 5.18. The molecule has 0 unspecified atom stereocenters. The summed E-state index contributed by atoms with van der Waals surface area (Å²) in [4.78, 5) is 16.7. The normalized spacial score (nSPS) is 15.9. The van der Waals surface area contributed by atoms with Crippen molar-refractivity contribution in [2.75, 3.05) is 19.8 Å². The fourth-order valence-electron chi connectivity index (χ4n) is 3.50. The minimum absolute atomic E-state index is 0.208. The quantitative estimate of drug-likeness (QED) is 0.733. The lowest BCUT2D eigenvalue weighted by molar-refractivity contribution is 0.0486. The number of amides is 1. The molecule has 0 atom stereocenters. The number of carbonyl (C=O) groups is 1. The van der Waals surface area contributed by atoms with Crippen LogP contribution in [0.5, 0.6) is 0 Å². The molecule has 1 aliphatic rings. The highest BCUT2D eigenvalue weighted by molar-refractivity contribution is 5.93. The first kappa shape index (κ1) is 18.3. The maximum atomic E-state index is 13.3. The average molecular weight is 381 g/mol. The molecular weight excluding hydrogens is 361 g/mol. The molecule has 1 amide bonds. The topological polar surface area (TPSA) is 77.2 Å². The summed E-state index contributed by atoms with van der Waals surface area (Å²) >= 11 is 0. The number of nitrogens with one attached hydrogen (secondary N) is 1. The van der Waals surface area contributed by atoms with Gasteiger partial charge in [0.15, 0.2) is 11.5 Å². The summed E-state index contributed by atoms with van der Waals surface area (Å²) in [6.07, 6.45) is 4.81. The zero-order valence-corrected chi connectivity index (χ0v) is 15.2. The Morgan fingerprint density at radius 3 is 2.68 bits per heavy atom. The number of halogens is 1. The third kappa shape index (κ3) is 3.80. The monoisotopic (exact) mass is 381 g/mol. The molecule has 1 saturated heterocycles. The summed E-state index contributed by atoms with van der Waals surface area (Å²) < 4.78 is 24.1. The number of ether oxygens (including phenoxy) is 1. The molecular formula is C21H20FN3O3. The van der Waals surface area contributed by atoms with Gasteiger partial charge in [-0.3, -0.25) is 9.78 Å². The van der Waals surface area contributed by atoms with E-state index in [1.807, 2.05) is 6.07 Å². The van der Waals surface area contributed by atoms with Gasteiger partial charge in [-0.2, -0.15) is 0 Å². The molecule has 0 radical (unpaired) electrons. The van der Waals surface area contributed by atoms with Crippen LogP contribution in [0.15, 0.2) is 59.4 Å². The largest absolute Gasteiger partial charge is 0.381 e. The molecule has 28 heavy (non-hydrogen) atoms. The molecule has 1 aromatic carbocycles. The summed E-state index contributed by atoms with van der Waals surface area (Å²) in [5, 5.41) is 6.84. The molecule has 6 nitrogen and oxygen atoms in total. The first-order valence-electron chi connectivity index (χ1n) is 9.15. The molecule has 3 aromatic rings. The first-order chi connectivity index (χ1) is 13.7. The van der Waals surface area contributed by atoms with Gasteiger partial charge in [0, 0.05) is 49.2 Å². The lowest BCUT2D eigenvalue weighted by atomic mass is 9.74. The Bertz CT molecular complexity index is 935. The summed E-state index contributed by atoms with van der Waals surface area (Å²) in [7, 11) is 0. The Hall–Kier alpha value is -3.06. The van der Waals surface area contributed by atoms with Crippen LogP contribution in [-0.2, 0) is 10.2 Å². The fraction of sp³-hybridized carbons (Fsp3) is 0.286. The van der Waals surface area contributed by atoms with E-state index in [2.05, 4.69) is 15.5 Å². The van der Waals surface area contributed by atoms with Gasteiger partial charge in [-0.05, 0) is 42.7 Å². The zero-order valence-electron chi connectivity index (χ0n) is 15.2. The smallest absolute Gasteiger partial charge is 0.273 e. The molecule has 1 fully saturated rings. The average Bonchev–Trinajstić information content (AvgIpc) is 3.24. The molecule has 2 aromatic heterocycles.